The highest BCUT2D eigenvalue weighted by molar-refractivity contribution is 5.70. The van der Waals surface area contributed by atoms with E-state index >= 15 is 0 Å². The summed E-state index contributed by atoms with van der Waals surface area (Å²) in [6.45, 7) is 5.16. The summed E-state index contributed by atoms with van der Waals surface area (Å²) in [6, 6.07) is 1.91. The number of hydrogen-bond acceptors (Lipinski definition) is 3. The molecule has 0 aromatic carbocycles. The van der Waals surface area contributed by atoms with Gasteiger partial charge in [0.25, 0.3) is 0 Å². The summed E-state index contributed by atoms with van der Waals surface area (Å²) in [4.78, 5) is 11.0. The third-order valence-corrected chi connectivity index (χ3v) is 1.37. The van der Waals surface area contributed by atoms with E-state index < -0.39 is 5.60 Å². The highest BCUT2D eigenvalue weighted by Crippen LogP contribution is 2.09. The van der Waals surface area contributed by atoms with Gasteiger partial charge in [0.1, 0.15) is 6.07 Å². The second-order valence-corrected chi connectivity index (χ2v) is 3.20. The van der Waals surface area contributed by atoms with Gasteiger partial charge in [-0.25, -0.2) is 0 Å². The lowest BCUT2D eigenvalue weighted by Gasteiger charge is -2.15. The molecule has 0 aliphatic rings. The molecule has 0 spiro atoms. The standard InChI is InChI=1S/C9H15NO2/c1-4-5-6-8(11)12-9(2,3)7-10/h4-6H2,1-3H3. The van der Waals surface area contributed by atoms with Crippen LogP contribution in [0.25, 0.3) is 0 Å². The molecular formula is C9H15NO2. The van der Waals surface area contributed by atoms with E-state index in [-0.39, 0.29) is 5.97 Å². The number of ether oxygens (including phenoxy) is 1. The molecule has 0 unspecified atom stereocenters. The molecule has 12 heavy (non-hydrogen) atoms. The molecule has 0 amide bonds. The van der Waals surface area contributed by atoms with Crippen molar-refractivity contribution in [3.8, 4) is 6.07 Å². The zero-order valence-electron chi connectivity index (χ0n) is 7.89. The highest BCUT2D eigenvalue weighted by Gasteiger charge is 2.20. The second-order valence-electron chi connectivity index (χ2n) is 3.20. The summed E-state index contributed by atoms with van der Waals surface area (Å²) in [5.41, 5.74) is -0.981. The van der Waals surface area contributed by atoms with Crippen molar-refractivity contribution in [3.63, 3.8) is 0 Å². The molecule has 0 aromatic rings. The zero-order valence-corrected chi connectivity index (χ0v) is 7.89. The van der Waals surface area contributed by atoms with Crippen molar-refractivity contribution in [2.24, 2.45) is 0 Å². The molecule has 3 nitrogen and oxygen atoms in total. The van der Waals surface area contributed by atoms with Gasteiger partial charge in [-0.15, -0.1) is 0 Å². The minimum absolute atomic E-state index is 0.289. The number of unbranched alkanes of at least 4 members (excludes halogenated alkanes) is 1. The lowest BCUT2D eigenvalue weighted by molar-refractivity contribution is -0.152. The quantitative estimate of drug-likeness (QED) is 0.605. The predicted octanol–water partition coefficient (Wildman–Crippen LogP) is 2.02. The monoisotopic (exact) mass is 169 g/mol. The number of nitriles is 1. The van der Waals surface area contributed by atoms with Crippen LogP contribution < -0.4 is 0 Å². The molecule has 0 aromatic heterocycles. The van der Waals surface area contributed by atoms with Gasteiger partial charge in [0.2, 0.25) is 0 Å². The Morgan fingerprint density at radius 2 is 2.17 bits per heavy atom. The van der Waals surface area contributed by atoms with Crippen molar-refractivity contribution in [3.05, 3.63) is 0 Å². The summed E-state index contributed by atoms with van der Waals surface area (Å²) >= 11 is 0. The summed E-state index contributed by atoms with van der Waals surface area (Å²) < 4.78 is 4.89. The maximum Gasteiger partial charge on any atom is 0.307 e. The van der Waals surface area contributed by atoms with Crippen LogP contribution in [0.3, 0.4) is 0 Å². The molecule has 0 heterocycles. The van der Waals surface area contributed by atoms with Crippen LogP contribution in [0.4, 0.5) is 0 Å². The molecule has 0 fully saturated rings. The molecule has 0 saturated heterocycles. The summed E-state index contributed by atoms with van der Waals surface area (Å²) in [5.74, 6) is -0.289. The fraction of sp³-hybridized carbons (Fsp3) is 0.778. The van der Waals surface area contributed by atoms with Gasteiger partial charge in [0.15, 0.2) is 5.60 Å². The lowest BCUT2D eigenvalue weighted by atomic mass is 10.2. The maximum absolute atomic E-state index is 11.0. The van der Waals surface area contributed by atoms with E-state index in [1.807, 2.05) is 13.0 Å². The molecule has 68 valence electrons. The third-order valence-electron chi connectivity index (χ3n) is 1.37. The first-order valence-electron chi connectivity index (χ1n) is 4.15. The summed E-state index contributed by atoms with van der Waals surface area (Å²) in [7, 11) is 0. The van der Waals surface area contributed by atoms with E-state index in [9.17, 15) is 4.79 Å². The van der Waals surface area contributed by atoms with Crippen LogP contribution in [0.15, 0.2) is 0 Å². The Bertz CT molecular complexity index is 191. The highest BCUT2D eigenvalue weighted by atomic mass is 16.6. The molecule has 0 bridgehead atoms. The Hall–Kier alpha value is -1.04. The number of carbonyl (C=O) groups is 1. The van der Waals surface area contributed by atoms with Crippen LogP contribution in [-0.2, 0) is 9.53 Å². The van der Waals surface area contributed by atoms with Crippen molar-refractivity contribution in [2.75, 3.05) is 0 Å². The van der Waals surface area contributed by atoms with E-state index in [1.165, 1.54) is 0 Å². The van der Waals surface area contributed by atoms with Gasteiger partial charge in [-0.1, -0.05) is 13.3 Å². The summed E-state index contributed by atoms with van der Waals surface area (Å²) in [6.07, 6.45) is 2.18. The molecule has 0 saturated carbocycles. The third kappa shape index (κ3) is 4.73. The SMILES string of the molecule is CCCCC(=O)OC(C)(C)C#N. The Balaban J connectivity index is 3.78. The van der Waals surface area contributed by atoms with Crippen molar-refractivity contribution in [1.82, 2.24) is 0 Å². The van der Waals surface area contributed by atoms with Crippen LogP contribution in [0.5, 0.6) is 0 Å². The number of hydrogen-bond donors (Lipinski definition) is 0. The van der Waals surface area contributed by atoms with Crippen LogP contribution >= 0.6 is 0 Å². The predicted molar refractivity (Wildman–Crippen MR) is 45.3 cm³/mol. The van der Waals surface area contributed by atoms with Gasteiger partial charge in [0.05, 0.1) is 0 Å². The fourth-order valence-electron chi connectivity index (χ4n) is 0.680. The van der Waals surface area contributed by atoms with Gasteiger partial charge in [-0.05, 0) is 20.3 Å². The number of carbonyl (C=O) groups excluding carboxylic acids is 1. The number of nitrogens with zero attached hydrogens (tertiary/aromatic N) is 1. The molecule has 0 atom stereocenters. The van der Waals surface area contributed by atoms with Crippen LogP contribution in [0.2, 0.25) is 0 Å². The first-order valence-corrected chi connectivity index (χ1v) is 4.15. The minimum Gasteiger partial charge on any atom is -0.444 e. The normalized spacial score (nSPS) is 10.5. The second kappa shape index (κ2) is 4.76. The van der Waals surface area contributed by atoms with Gasteiger partial charge in [0, 0.05) is 6.42 Å². The van der Waals surface area contributed by atoms with Gasteiger partial charge in [-0.3, -0.25) is 4.79 Å². The van der Waals surface area contributed by atoms with Gasteiger partial charge < -0.3 is 4.74 Å². The van der Waals surface area contributed by atoms with E-state index in [0.717, 1.165) is 12.8 Å². The van der Waals surface area contributed by atoms with Crippen LogP contribution in [0.1, 0.15) is 40.0 Å². The molecule has 0 aliphatic heterocycles. The Morgan fingerprint density at radius 1 is 1.58 bits per heavy atom. The van der Waals surface area contributed by atoms with Gasteiger partial charge in [-0.2, -0.15) is 5.26 Å². The van der Waals surface area contributed by atoms with Crippen molar-refractivity contribution >= 4 is 5.97 Å². The molecule has 0 radical (unpaired) electrons. The lowest BCUT2D eigenvalue weighted by Crippen LogP contribution is -2.25. The van der Waals surface area contributed by atoms with E-state index in [0.29, 0.717) is 6.42 Å². The minimum atomic E-state index is -0.981. The van der Waals surface area contributed by atoms with Crippen molar-refractivity contribution in [2.45, 2.75) is 45.6 Å². The molecule has 0 N–H and O–H groups in total. The van der Waals surface area contributed by atoms with Crippen LogP contribution in [-0.4, -0.2) is 11.6 Å². The molecule has 3 heteroatoms. The van der Waals surface area contributed by atoms with E-state index in [4.69, 9.17) is 10.00 Å². The smallest absolute Gasteiger partial charge is 0.307 e. The van der Waals surface area contributed by atoms with E-state index in [2.05, 4.69) is 0 Å². The topological polar surface area (TPSA) is 50.1 Å². The maximum atomic E-state index is 11.0. The summed E-state index contributed by atoms with van der Waals surface area (Å²) in [5, 5.41) is 8.54. The zero-order chi connectivity index (χ0) is 9.61. The Labute approximate surface area is 73.3 Å². The number of esters is 1. The van der Waals surface area contributed by atoms with E-state index in [1.54, 1.807) is 13.8 Å². The van der Waals surface area contributed by atoms with Crippen molar-refractivity contribution < 1.29 is 9.53 Å². The van der Waals surface area contributed by atoms with Crippen molar-refractivity contribution in [1.29, 1.82) is 5.26 Å². The molecule has 0 aliphatic carbocycles. The average Bonchev–Trinajstić information content (AvgIpc) is 2.00. The average molecular weight is 169 g/mol. The molecule has 0 rings (SSSR count). The molecular weight excluding hydrogens is 154 g/mol. The fourth-order valence-corrected chi connectivity index (χ4v) is 0.680. The Morgan fingerprint density at radius 3 is 2.58 bits per heavy atom. The van der Waals surface area contributed by atoms with Gasteiger partial charge >= 0.3 is 5.97 Å². The largest absolute Gasteiger partial charge is 0.444 e. The Kier molecular flexibility index (Phi) is 4.35. The van der Waals surface area contributed by atoms with Crippen LogP contribution in [0, 0.1) is 11.3 Å². The number of rotatable bonds is 4. The first kappa shape index (κ1) is 11.0. The first-order chi connectivity index (χ1) is 5.52.